The number of benzene rings is 1. The van der Waals surface area contributed by atoms with Crippen molar-refractivity contribution in [1.29, 1.82) is 0 Å². The Morgan fingerprint density at radius 2 is 2.00 bits per heavy atom. The molecule has 1 saturated heterocycles. The Kier molecular flexibility index (Phi) is 4.54. The number of anilines is 1. The molecule has 3 amide bonds. The van der Waals surface area contributed by atoms with Crippen molar-refractivity contribution >= 4 is 23.4 Å². The number of nitrogens with one attached hydrogen (secondary N) is 2. The lowest BCUT2D eigenvalue weighted by Crippen LogP contribution is -2.55. The topological polar surface area (TPSA) is 78.5 Å². The lowest BCUT2D eigenvalue weighted by atomic mass is 9.91. The fraction of sp³-hybridized carbons (Fsp3) is 0.526. The Morgan fingerprint density at radius 1 is 1.28 bits per heavy atom. The molecule has 0 unspecified atom stereocenters. The second-order valence-corrected chi connectivity index (χ2v) is 8.08. The molecule has 0 aliphatic carbocycles. The first-order chi connectivity index (χ1) is 11.7. The number of para-hydroxylation sites is 1. The Balaban J connectivity index is 1.73. The van der Waals surface area contributed by atoms with Gasteiger partial charge >= 0.3 is 0 Å². The molecule has 0 saturated carbocycles. The van der Waals surface area contributed by atoms with Crippen molar-refractivity contribution < 1.29 is 14.4 Å². The summed E-state index contributed by atoms with van der Waals surface area (Å²) in [7, 11) is 0. The van der Waals surface area contributed by atoms with Crippen LogP contribution in [0.5, 0.6) is 0 Å². The molecular weight excluding hydrogens is 318 g/mol. The van der Waals surface area contributed by atoms with Crippen LogP contribution in [0.4, 0.5) is 5.69 Å². The summed E-state index contributed by atoms with van der Waals surface area (Å²) in [6, 6.07) is 6.43. The zero-order valence-corrected chi connectivity index (χ0v) is 15.0. The Morgan fingerprint density at radius 3 is 2.72 bits per heavy atom. The molecule has 25 heavy (non-hydrogen) atoms. The van der Waals surface area contributed by atoms with E-state index in [0.717, 1.165) is 0 Å². The molecule has 0 aromatic heterocycles. The smallest absolute Gasteiger partial charge is 0.256 e. The number of amides is 3. The Labute approximate surface area is 148 Å². The number of hydrogen-bond acceptors (Lipinski definition) is 3. The minimum atomic E-state index is -0.548. The van der Waals surface area contributed by atoms with Gasteiger partial charge in [-0.1, -0.05) is 32.9 Å². The minimum Gasteiger partial charge on any atom is -0.353 e. The van der Waals surface area contributed by atoms with Crippen LogP contribution in [0.1, 0.15) is 50.4 Å². The average Bonchev–Trinajstić information content (AvgIpc) is 2.62. The molecule has 2 atom stereocenters. The molecule has 2 aliphatic rings. The molecule has 2 aliphatic heterocycles. The van der Waals surface area contributed by atoms with E-state index in [2.05, 4.69) is 10.6 Å². The lowest BCUT2D eigenvalue weighted by Gasteiger charge is -2.37. The lowest BCUT2D eigenvalue weighted by molar-refractivity contribution is -0.126. The maximum Gasteiger partial charge on any atom is 0.256 e. The number of carbonyl (C=O) groups excluding carboxylic acids is 3. The molecule has 0 radical (unpaired) electrons. The van der Waals surface area contributed by atoms with Gasteiger partial charge in [0.1, 0.15) is 6.04 Å². The number of fused-ring (bicyclic) bond motifs is 2. The van der Waals surface area contributed by atoms with E-state index in [1.165, 1.54) is 0 Å². The van der Waals surface area contributed by atoms with Crippen LogP contribution in [-0.4, -0.2) is 41.2 Å². The first-order valence-electron chi connectivity index (χ1n) is 8.75. The van der Waals surface area contributed by atoms with Gasteiger partial charge in [0.15, 0.2) is 0 Å². The van der Waals surface area contributed by atoms with Crippen LogP contribution < -0.4 is 10.6 Å². The Hall–Kier alpha value is -2.37. The number of rotatable bonds is 2. The van der Waals surface area contributed by atoms with E-state index >= 15 is 0 Å². The average molecular weight is 343 g/mol. The monoisotopic (exact) mass is 343 g/mol. The van der Waals surface area contributed by atoms with Crippen LogP contribution in [0.15, 0.2) is 24.3 Å². The highest BCUT2D eigenvalue weighted by atomic mass is 16.2. The van der Waals surface area contributed by atoms with Crippen LogP contribution in [0.3, 0.4) is 0 Å². The highest BCUT2D eigenvalue weighted by molar-refractivity contribution is 6.09. The van der Waals surface area contributed by atoms with Gasteiger partial charge in [-0.25, -0.2) is 0 Å². The van der Waals surface area contributed by atoms with Crippen molar-refractivity contribution in [3.8, 4) is 0 Å². The van der Waals surface area contributed by atoms with E-state index < -0.39 is 6.04 Å². The Bertz CT molecular complexity index is 708. The molecule has 1 aromatic rings. The first kappa shape index (κ1) is 17.5. The SMILES string of the molecule is CC(C)(C)CC(=O)N[C@H]1CCN2C(=O)c3ccccc3NC(=O)[C@@H]2C1. The highest BCUT2D eigenvalue weighted by Gasteiger charge is 2.40. The number of hydrogen-bond donors (Lipinski definition) is 2. The third-order valence-corrected chi connectivity index (χ3v) is 4.64. The standard InChI is InChI=1S/C19H25N3O3/c1-19(2,3)11-16(23)20-12-8-9-22-15(10-12)17(24)21-14-7-5-4-6-13(14)18(22)25/h4-7,12,15H,8-11H2,1-3H3,(H,20,23)(H,21,24)/t12-,15-/m0/s1. The zero-order valence-electron chi connectivity index (χ0n) is 15.0. The van der Waals surface area contributed by atoms with Crippen LogP contribution in [0, 0.1) is 5.41 Å². The fourth-order valence-electron chi connectivity index (χ4n) is 3.50. The molecule has 6 nitrogen and oxygen atoms in total. The maximum atomic E-state index is 12.8. The quantitative estimate of drug-likeness (QED) is 0.864. The summed E-state index contributed by atoms with van der Waals surface area (Å²) in [4.78, 5) is 39.2. The molecule has 0 bridgehead atoms. The minimum absolute atomic E-state index is 0.00501. The predicted octanol–water partition coefficient (Wildman–Crippen LogP) is 2.16. The largest absolute Gasteiger partial charge is 0.353 e. The molecule has 1 aromatic carbocycles. The van der Waals surface area contributed by atoms with Crippen LogP contribution >= 0.6 is 0 Å². The van der Waals surface area contributed by atoms with Crippen LogP contribution in [0.25, 0.3) is 0 Å². The van der Waals surface area contributed by atoms with Crippen molar-refractivity contribution in [3.63, 3.8) is 0 Å². The summed E-state index contributed by atoms with van der Waals surface area (Å²) < 4.78 is 0. The molecule has 1 fully saturated rings. The van der Waals surface area contributed by atoms with Crippen molar-refractivity contribution in [2.45, 2.75) is 52.1 Å². The number of piperidine rings is 1. The van der Waals surface area contributed by atoms with Gasteiger partial charge in [-0.05, 0) is 30.4 Å². The van der Waals surface area contributed by atoms with Crippen LogP contribution in [0.2, 0.25) is 0 Å². The molecule has 2 heterocycles. The molecule has 3 rings (SSSR count). The summed E-state index contributed by atoms with van der Waals surface area (Å²) in [5.74, 6) is -0.318. The van der Waals surface area contributed by atoms with Crippen molar-refractivity contribution in [3.05, 3.63) is 29.8 Å². The van der Waals surface area contributed by atoms with Gasteiger partial charge in [0, 0.05) is 19.0 Å². The van der Waals surface area contributed by atoms with E-state index in [1.807, 2.05) is 20.8 Å². The number of carbonyl (C=O) groups is 3. The summed E-state index contributed by atoms with van der Waals surface area (Å²) in [6.07, 6.45) is 1.55. The molecule has 0 spiro atoms. The van der Waals surface area contributed by atoms with E-state index in [-0.39, 0.29) is 29.2 Å². The van der Waals surface area contributed by atoms with Crippen molar-refractivity contribution in [1.82, 2.24) is 10.2 Å². The van der Waals surface area contributed by atoms with Crippen molar-refractivity contribution in [2.75, 3.05) is 11.9 Å². The molecule has 134 valence electrons. The number of nitrogens with zero attached hydrogens (tertiary/aromatic N) is 1. The van der Waals surface area contributed by atoms with Crippen molar-refractivity contribution in [2.24, 2.45) is 5.41 Å². The molecular formula is C19H25N3O3. The predicted molar refractivity (Wildman–Crippen MR) is 95.1 cm³/mol. The van der Waals surface area contributed by atoms with E-state index in [1.54, 1.807) is 29.2 Å². The van der Waals surface area contributed by atoms with Gasteiger partial charge in [0.2, 0.25) is 11.8 Å². The first-order valence-corrected chi connectivity index (χ1v) is 8.75. The van der Waals surface area contributed by atoms with Gasteiger partial charge in [-0.15, -0.1) is 0 Å². The van der Waals surface area contributed by atoms with Gasteiger partial charge in [-0.3, -0.25) is 14.4 Å². The van der Waals surface area contributed by atoms with Crippen LogP contribution in [-0.2, 0) is 9.59 Å². The second-order valence-electron chi connectivity index (χ2n) is 8.08. The maximum absolute atomic E-state index is 12.8. The molecule has 2 N–H and O–H groups in total. The van der Waals surface area contributed by atoms with Gasteiger partial charge in [-0.2, -0.15) is 0 Å². The van der Waals surface area contributed by atoms with E-state index in [4.69, 9.17) is 0 Å². The third-order valence-electron chi connectivity index (χ3n) is 4.64. The van der Waals surface area contributed by atoms with Gasteiger partial charge in [0.25, 0.3) is 5.91 Å². The van der Waals surface area contributed by atoms with Gasteiger partial charge in [0.05, 0.1) is 11.3 Å². The van der Waals surface area contributed by atoms with E-state index in [9.17, 15) is 14.4 Å². The summed E-state index contributed by atoms with van der Waals surface area (Å²) in [5, 5.41) is 5.88. The van der Waals surface area contributed by atoms with E-state index in [0.29, 0.717) is 37.1 Å². The summed E-state index contributed by atoms with van der Waals surface area (Å²) in [6.45, 7) is 6.52. The fourth-order valence-corrected chi connectivity index (χ4v) is 3.50. The summed E-state index contributed by atoms with van der Waals surface area (Å²) >= 11 is 0. The molecule has 6 heteroatoms. The third kappa shape index (κ3) is 3.83. The highest BCUT2D eigenvalue weighted by Crippen LogP contribution is 2.28. The second kappa shape index (κ2) is 6.50. The normalized spacial score (nSPS) is 23.2. The van der Waals surface area contributed by atoms with Gasteiger partial charge < -0.3 is 15.5 Å². The summed E-state index contributed by atoms with van der Waals surface area (Å²) in [5.41, 5.74) is 0.996. The zero-order chi connectivity index (χ0) is 18.2.